The predicted molar refractivity (Wildman–Crippen MR) is 83.3 cm³/mol. The van der Waals surface area contributed by atoms with Crippen molar-refractivity contribution in [1.29, 1.82) is 0 Å². The molecule has 0 radical (unpaired) electrons. The van der Waals surface area contributed by atoms with Crippen molar-refractivity contribution < 1.29 is 24.4 Å². The molecular weight excluding hydrogens is 320 g/mol. The first kappa shape index (κ1) is 16.9. The molecule has 126 valence electrons. The predicted octanol–water partition coefficient (Wildman–Crippen LogP) is 0.614. The van der Waals surface area contributed by atoms with E-state index in [1.54, 1.807) is 0 Å². The molecule has 1 aromatic carbocycles. The maximum absolute atomic E-state index is 12.0. The fraction of sp³-hybridized carbons (Fsp3) is 0.214. The number of aromatic hydroxyl groups is 1. The van der Waals surface area contributed by atoms with E-state index in [1.807, 2.05) is 0 Å². The topological polar surface area (TPSA) is 134 Å². The molecule has 10 heteroatoms. The molecular formula is C14H14N4O6. The molecule has 0 aliphatic carbocycles. The van der Waals surface area contributed by atoms with Crippen LogP contribution in [0, 0.1) is 10.1 Å². The summed E-state index contributed by atoms with van der Waals surface area (Å²) in [7, 11) is 2.76. The third-order valence-corrected chi connectivity index (χ3v) is 3.19. The molecule has 24 heavy (non-hydrogen) atoms. The molecule has 1 aromatic rings. The molecule has 10 nitrogen and oxygen atoms in total. The van der Waals surface area contributed by atoms with Crippen LogP contribution in [-0.4, -0.2) is 46.9 Å². The van der Waals surface area contributed by atoms with Gasteiger partial charge in [-0.3, -0.25) is 25.0 Å². The third-order valence-electron chi connectivity index (χ3n) is 3.19. The second kappa shape index (κ2) is 6.36. The maximum atomic E-state index is 12.0. The number of hydrogen-bond acceptors (Lipinski definition) is 7. The summed E-state index contributed by atoms with van der Waals surface area (Å²) < 4.78 is 4.90. The molecule has 0 aromatic heterocycles. The van der Waals surface area contributed by atoms with Crippen molar-refractivity contribution in [2.24, 2.45) is 4.99 Å². The number of likely N-dealkylation sites (N-methyl/N-ethyl adjacent to an activating group) is 1. The van der Waals surface area contributed by atoms with Crippen molar-refractivity contribution in [3.63, 3.8) is 0 Å². The maximum Gasteiger partial charge on any atom is 0.315 e. The van der Waals surface area contributed by atoms with Gasteiger partial charge in [0.05, 0.1) is 12.0 Å². The van der Waals surface area contributed by atoms with Gasteiger partial charge in [0.2, 0.25) is 17.6 Å². The Morgan fingerprint density at radius 3 is 2.71 bits per heavy atom. The second-order valence-electron chi connectivity index (χ2n) is 4.86. The first-order chi connectivity index (χ1) is 11.2. The van der Waals surface area contributed by atoms with Crippen molar-refractivity contribution >= 4 is 29.5 Å². The van der Waals surface area contributed by atoms with E-state index in [4.69, 9.17) is 4.74 Å². The van der Waals surface area contributed by atoms with Crippen LogP contribution in [0.3, 0.4) is 0 Å². The molecule has 1 aliphatic heterocycles. The van der Waals surface area contributed by atoms with E-state index in [-0.39, 0.29) is 23.0 Å². The number of nitrogens with zero attached hydrogens (tertiary/aromatic N) is 3. The van der Waals surface area contributed by atoms with E-state index in [1.165, 1.54) is 38.1 Å². The van der Waals surface area contributed by atoms with Crippen LogP contribution in [0.1, 0.15) is 12.5 Å². The van der Waals surface area contributed by atoms with Crippen molar-refractivity contribution in [3.8, 4) is 11.5 Å². The minimum absolute atomic E-state index is 0.0546. The largest absolute Gasteiger partial charge is 0.500 e. The van der Waals surface area contributed by atoms with Gasteiger partial charge in [-0.25, -0.2) is 0 Å². The van der Waals surface area contributed by atoms with Crippen LogP contribution in [0.4, 0.5) is 5.69 Å². The zero-order valence-corrected chi connectivity index (χ0v) is 13.1. The molecule has 2 N–H and O–H groups in total. The average Bonchev–Trinajstić information content (AvgIpc) is 2.75. The number of nitrogens with one attached hydrogen (secondary N) is 1. The van der Waals surface area contributed by atoms with Crippen LogP contribution in [0.25, 0.3) is 6.08 Å². The highest BCUT2D eigenvalue weighted by atomic mass is 16.6. The summed E-state index contributed by atoms with van der Waals surface area (Å²) in [5.41, 5.74) is -0.205. The molecule has 2 amide bonds. The molecule has 2 rings (SSSR count). The lowest BCUT2D eigenvalue weighted by molar-refractivity contribution is -0.386. The first-order valence-corrected chi connectivity index (χ1v) is 6.66. The fourth-order valence-corrected chi connectivity index (χ4v) is 2.06. The zero-order chi connectivity index (χ0) is 18.0. The van der Waals surface area contributed by atoms with Gasteiger partial charge in [0, 0.05) is 20.0 Å². The highest BCUT2D eigenvalue weighted by Gasteiger charge is 2.28. The molecule has 0 spiro atoms. The van der Waals surface area contributed by atoms with E-state index in [9.17, 15) is 24.8 Å². The lowest BCUT2D eigenvalue weighted by atomic mass is 10.1. The Balaban J connectivity index is 2.45. The average molecular weight is 334 g/mol. The summed E-state index contributed by atoms with van der Waals surface area (Å²) in [6.45, 7) is 1.27. The highest BCUT2D eigenvalue weighted by molar-refractivity contribution is 6.15. The number of rotatable bonds is 3. The van der Waals surface area contributed by atoms with Crippen LogP contribution in [0.15, 0.2) is 22.8 Å². The smallest absolute Gasteiger partial charge is 0.315 e. The van der Waals surface area contributed by atoms with Crippen LogP contribution in [0.5, 0.6) is 11.5 Å². The van der Waals surface area contributed by atoms with Gasteiger partial charge in [0.1, 0.15) is 5.70 Å². The first-order valence-electron chi connectivity index (χ1n) is 6.66. The van der Waals surface area contributed by atoms with Gasteiger partial charge in [-0.05, 0) is 17.7 Å². The Morgan fingerprint density at radius 1 is 1.50 bits per heavy atom. The summed E-state index contributed by atoms with van der Waals surface area (Å²) in [5, 5.41) is 23.2. The summed E-state index contributed by atoms with van der Waals surface area (Å²) in [6, 6.07) is 2.44. The molecule has 1 aliphatic rings. The fourth-order valence-electron chi connectivity index (χ4n) is 2.06. The summed E-state index contributed by atoms with van der Waals surface area (Å²) >= 11 is 0. The van der Waals surface area contributed by atoms with Gasteiger partial charge >= 0.3 is 5.69 Å². The summed E-state index contributed by atoms with van der Waals surface area (Å²) in [6.07, 6.45) is 1.34. The zero-order valence-electron chi connectivity index (χ0n) is 13.1. The molecule has 0 saturated carbocycles. The number of ether oxygens (including phenoxy) is 1. The Morgan fingerprint density at radius 2 is 2.17 bits per heavy atom. The Labute approximate surface area is 136 Å². The van der Waals surface area contributed by atoms with Crippen LogP contribution in [-0.2, 0) is 9.59 Å². The molecule has 0 fully saturated rings. The van der Waals surface area contributed by atoms with Gasteiger partial charge in [0.15, 0.2) is 5.75 Å². The van der Waals surface area contributed by atoms with Crippen LogP contribution < -0.4 is 10.1 Å². The number of nitro groups is 1. The number of phenols is 1. The second-order valence-corrected chi connectivity index (χ2v) is 4.86. The number of phenolic OH excluding ortho intramolecular Hbond substituents is 1. The van der Waals surface area contributed by atoms with Crippen molar-refractivity contribution in [2.45, 2.75) is 6.92 Å². The third kappa shape index (κ3) is 3.16. The molecule has 0 unspecified atom stereocenters. The number of benzene rings is 1. The normalized spacial score (nSPS) is 15.5. The van der Waals surface area contributed by atoms with E-state index < -0.39 is 28.2 Å². The molecule has 1 heterocycles. The molecule has 0 saturated heterocycles. The van der Waals surface area contributed by atoms with Crippen molar-refractivity contribution in [2.75, 3.05) is 14.2 Å². The number of carbonyl (C=O) groups is 2. The lowest BCUT2D eigenvalue weighted by Crippen LogP contribution is -2.37. The van der Waals surface area contributed by atoms with Gasteiger partial charge in [-0.15, -0.1) is 0 Å². The van der Waals surface area contributed by atoms with Gasteiger partial charge in [0.25, 0.3) is 5.91 Å². The van der Waals surface area contributed by atoms with Gasteiger partial charge in [-0.2, -0.15) is 4.99 Å². The highest BCUT2D eigenvalue weighted by Crippen LogP contribution is 2.37. The van der Waals surface area contributed by atoms with Gasteiger partial charge < -0.3 is 14.7 Å². The van der Waals surface area contributed by atoms with Crippen molar-refractivity contribution in [1.82, 2.24) is 10.2 Å². The number of guanidine groups is 1. The Kier molecular flexibility index (Phi) is 4.49. The minimum Gasteiger partial charge on any atom is -0.500 e. The van der Waals surface area contributed by atoms with Crippen LogP contribution in [0.2, 0.25) is 0 Å². The number of nitro benzene ring substituents is 1. The van der Waals surface area contributed by atoms with E-state index in [0.717, 1.165) is 6.07 Å². The Bertz CT molecular complexity index is 799. The number of carbonyl (C=O) groups excluding carboxylic acids is 2. The monoisotopic (exact) mass is 334 g/mol. The number of hydrogen-bond donors (Lipinski definition) is 2. The van der Waals surface area contributed by atoms with Gasteiger partial charge in [-0.1, -0.05) is 0 Å². The number of methoxy groups -OCH3 is 1. The molecule has 0 bridgehead atoms. The standard InChI is InChI=1S/C14H14N4O6/c1-7(19)15-14-16-13(21)10(17(14)2)5-8-4-9(18(22)23)12(20)11(6-8)24-3/h4-6,20H,1-3H3,(H,15,16,19,21)/b10-5-. The van der Waals surface area contributed by atoms with Crippen molar-refractivity contribution in [3.05, 3.63) is 33.5 Å². The van der Waals surface area contributed by atoms with E-state index in [2.05, 4.69) is 10.3 Å². The quantitative estimate of drug-likeness (QED) is 0.470. The minimum atomic E-state index is -0.765. The van der Waals surface area contributed by atoms with E-state index in [0.29, 0.717) is 0 Å². The molecule has 0 atom stereocenters. The SMILES string of the molecule is COc1cc(/C=C2/C(=O)N=C(NC(C)=O)N2C)cc([N+](=O)[O-])c1O. The van der Waals surface area contributed by atoms with Crippen LogP contribution >= 0.6 is 0 Å². The summed E-state index contributed by atoms with van der Waals surface area (Å²) in [4.78, 5) is 38.3. The summed E-state index contributed by atoms with van der Waals surface area (Å²) in [5.74, 6) is -1.66. The number of amides is 2. The Hall–Kier alpha value is -3.43. The van der Waals surface area contributed by atoms with E-state index >= 15 is 0 Å². The lowest BCUT2D eigenvalue weighted by Gasteiger charge is -2.14. The number of aliphatic imine (C=N–C) groups is 1.